The second kappa shape index (κ2) is 9.19. The van der Waals surface area contributed by atoms with Crippen LogP contribution in [0.2, 0.25) is 0 Å². The summed E-state index contributed by atoms with van der Waals surface area (Å²) in [6.07, 6.45) is 4.39. The highest BCUT2D eigenvalue weighted by molar-refractivity contribution is 7.88. The quantitative estimate of drug-likeness (QED) is 0.393. The molecular formula is C29H34N2O6S. The Kier molecular flexibility index (Phi) is 6.18. The number of ether oxygens (including phenoxy) is 1. The minimum absolute atomic E-state index is 0.0599. The van der Waals surface area contributed by atoms with Crippen molar-refractivity contribution in [2.24, 2.45) is 5.92 Å². The fraction of sp³-hybridized carbons (Fsp3) is 0.483. The average molecular weight is 539 g/mol. The molecule has 1 spiro atoms. The van der Waals surface area contributed by atoms with E-state index in [0.29, 0.717) is 18.6 Å². The number of piperidine rings is 1. The monoisotopic (exact) mass is 538 g/mol. The van der Waals surface area contributed by atoms with Crippen LogP contribution in [0.5, 0.6) is 11.5 Å². The Bertz CT molecular complexity index is 1390. The third-order valence-electron chi connectivity index (χ3n) is 9.42. The third kappa shape index (κ3) is 3.59. The van der Waals surface area contributed by atoms with Crippen molar-refractivity contribution in [3.63, 3.8) is 0 Å². The molecule has 1 saturated heterocycles. The third-order valence-corrected chi connectivity index (χ3v) is 11.3. The molecule has 9 heteroatoms. The van der Waals surface area contributed by atoms with Gasteiger partial charge >= 0.3 is 0 Å². The number of rotatable bonds is 8. The van der Waals surface area contributed by atoms with Crippen LogP contribution < -0.4 is 4.74 Å². The number of aliphatic hydroxyl groups excluding tert-OH is 1. The Labute approximate surface area is 223 Å². The number of hydrogen-bond acceptors (Lipinski definition) is 7. The van der Waals surface area contributed by atoms with Gasteiger partial charge in [-0.3, -0.25) is 9.69 Å². The summed E-state index contributed by atoms with van der Waals surface area (Å²) in [6.45, 7) is 4.80. The molecule has 202 valence electrons. The van der Waals surface area contributed by atoms with Gasteiger partial charge in [-0.25, -0.2) is 8.42 Å². The maximum atomic E-state index is 13.6. The standard InChI is InChI=1S/C29H34N2O6S/c1-3-12-31-13-11-29-21-9-10-22(30(2)38(35,36)17-18-7-5-4-6-8-18)28(29)37-27-25(29)19(15-23(21)31)14-20(26(27)34)24(33)16-32/h3-8,14,21-23,28,32,34H,1,9-13,15-17H2,2H3/t21-,22?,23+,28?,29-/m0/s1. The summed E-state index contributed by atoms with van der Waals surface area (Å²) >= 11 is 0. The fourth-order valence-corrected chi connectivity index (χ4v) is 9.27. The Morgan fingerprint density at radius 2 is 2.05 bits per heavy atom. The van der Waals surface area contributed by atoms with Crippen LogP contribution in [0, 0.1) is 5.92 Å². The lowest BCUT2D eigenvalue weighted by molar-refractivity contribution is -0.0713. The van der Waals surface area contributed by atoms with Gasteiger partial charge in [0.2, 0.25) is 10.0 Å². The number of benzene rings is 2. The molecule has 2 aromatic carbocycles. The maximum absolute atomic E-state index is 13.6. The van der Waals surface area contributed by atoms with Crippen molar-refractivity contribution in [1.29, 1.82) is 0 Å². The van der Waals surface area contributed by atoms with Gasteiger partial charge < -0.3 is 14.9 Å². The highest BCUT2D eigenvalue weighted by atomic mass is 32.2. The molecular weight excluding hydrogens is 504 g/mol. The number of likely N-dealkylation sites (tertiary alicyclic amines) is 1. The number of sulfonamides is 1. The van der Waals surface area contributed by atoms with Crippen LogP contribution in [-0.4, -0.2) is 78.6 Å². The van der Waals surface area contributed by atoms with Crippen molar-refractivity contribution in [3.8, 4) is 11.5 Å². The smallest absolute Gasteiger partial charge is 0.218 e. The lowest BCUT2D eigenvalue weighted by atomic mass is 9.51. The minimum Gasteiger partial charge on any atom is -0.504 e. The largest absolute Gasteiger partial charge is 0.504 e. The molecule has 6 rings (SSSR count). The first kappa shape index (κ1) is 25.6. The van der Waals surface area contributed by atoms with E-state index in [4.69, 9.17) is 4.74 Å². The van der Waals surface area contributed by atoms with Crippen LogP contribution in [0.25, 0.3) is 0 Å². The average Bonchev–Trinajstić information content (AvgIpc) is 3.26. The molecule has 2 fully saturated rings. The van der Waals surface area contributed by atoms with Crippen molar-refractivity contribution in [1.82, 2.24) is 9.21 Å². The lowest BCUT2D eigenvalue weighted by Crippen LogP contribution is -2.68. The zero-order chi connectivity index (χ0) is 26.8. The predicted octanol–water partition coefficient (Wildman–Crippen LogP) is 2.62. The van der Waals surface area contributed by atoms with Crippen LogP contribution >= 0.6 is 0 Å². The molecule has 5 atom stereocenters. The van der Waals surface area contributed by atoms with E-state index in [9.17, 15) is 23.4 Å². The van der Waals surface area contributed by atoms with Gasteiger partial charge in [0.05, 0.1) is 17.4 Å². The molecule has 38 heavy (non-hydrogen) atoms. The second-order valence-corrected chi connectivity index (χ2v) is 13.1. The molecule has 2 heterocycles. The van der Waals surface area contributed by atoms with Gasteiger partial charge in [0.25, 0.3) is 0 Å². The normalized spacial score (nSPS) is 29.6. The summed E-state index contributed by atoms with van der Waals surface area (Å²) < 4.78 is 35.3. The van der Waals surface area contributed by atoms with E-state index in [1.54, 1.807) is 13.1 Å². The Morgan fingerprint density at radius 3 is 2.76 bits per heavy atom. The van der Waals surface area contributed by atoms with Gasteiger partial charge in [0, 0.05) is 30.6 Å². The van der Waals surface area contributed by atoms with Gasteiger partial charge in [-0.2, -0.15) is 4.31 Å². The number of hydrogen-bond donors (Lipinski definition) is 2. The molecule has 2 N–H and O–H groups in total. The zero-order valence-electron chi connectivity index (χ0n) is 21.5. The van der Waals surface area contributed by atoms with E-state index in [1.807, 2.05) is 36.4 Å². The summed E-state index contributed by atoms with van der Waals surface area (Å²) in [4.78, 5) is 15.0. The van der Waals surface area contributed by atoms with Gasteiger partial charge in [-0.15, -0.1) is 6.58 Å². The minimum atomic E-state index is -3.65. The molecule has 2 aliphatic carbocycles. The second-order valence-electron chi connectivity index (χ2n) is 11.1. The molecule has 0 amide bonds. The fourth-order valence-electron chi connectivity index (χ4n) is 7.83. The lowest BCUT2D eigenvalue weighted by Gasteiger charge is -2.60. The first-order valence-corrected chi connectivity index (χ1v) is 14.9. The molecule has 0 aromatic heterocycles. The molecule has 2 aromatic rings. The van der Waals surface area contributed by atoms with Crippen molar-refractivity contribution in [2.45, 2.75) is 55.0 Å². The van der Waals surface area contributed by atoms with E-state index < -0.39 is 40.0 Å². The van der Waals surface area contributed by atoms with Crippen molar-refractivity contribution >= 4 is 15.8 Å². The van der Waals surface area contributed by atoms with Crippen molar-refractivity contribution in [2.75, 3.05) is 26.7 Å². The van der Waals surface area contributed by atoms with E-state index in [1.165, 1.54) is 4.31 Å². The van der Waals surface area contributed by atoms with E-state index >= 15 is 0 Å². The van der Waals surface area contributed by atoms with Crippen molar-refractivity contribution in [3.05, 3.63) is 71.3 Å². The van der Waals surface area contributed by atoms with Gasteiger partial charge in [-0.1, -0.05) is 36.4 Å². The van der Waals surface area contributed by atoms with Crippen molar-refractivity contribution < 1.29 is 28.2 Å². The van der Waals surface area contributed by atoms with Crippen LogP contribution in [0.15, 0.2) is 49.1 Å². The topological polar surface area (TPSA) is 107 Å². The zero-order valence-corrected chi connectivity index (χ0v) is 22.4. The van der Waals surface area contributed by atoms with Crippen LogP contribution in [0.3, 0.4) is 0 Å². The van der Waals surface area contributed by atoms with Crippen LogP contribution in [0.1, 0.15) is 46.3 Å². The summed E-state index contributed by atoms with van der Waals surface area (Å²) in [5, 5.41) is 20.7. The van der Waals surface area contributed by atoms with E-state index in [2.05, 4.69) is 11.5 Å². The van der Waals surface area contributed by atoms with E-state index in [-0.39, 0.29) is 29.0 Å². The highest BCUT2D eigenvalue weighted by Crippen LogP contribution is 2.64. The van der Waals surface area contributed by atoms with Gasteiger partial charge in [0.1, 0.15) is 12.7 Å². The SMILES string of the molecule is C=CCN1CC[C@]23c4c5cc(C(=O)CO)c(O)c4OC2C(N(C)S(=O)(=O)Cc2ccccc2)CC[C@H]3[C@H]1C5. The molecule has 4 aliphatic rings. The Morgan fingerprint density at radius 1 is 1.29 bits per heavy atom. The van der Waals surface area contributed by atoms with Crippen LogP contribution in [-0.2, 0) is 27.6 Å². The van der Waals surface area contributed by atoms with Gasteiger partial charge in [-0.05, 0) is 55.3 Å². The number of likely N-dealkylation sites (N-methyl/N-ethyl adjacent to an activating group) is 1. The van der Waals surface area contributed by atoms with Gasteiger partial charge in [0.15, 0.2) is 17.3 Å². The number of nitrogens with zero attached hydrogens (tertiary/aromatic N) is 2. The van der Waals surface area contributed by atoms with Crippen LogP contribution in [0.4, 0.5) is 0 Å². The first-order chi connectivity index (χ1) is 18.2. The number of aromatic hydroxyl groups is 1. The Hall–Kier alpha value is -2.72. The Balaban J connectivity index is 1.45. The molecule has 2 aliphatic heterocycles. The maximum Gasteiger partial charge on any atom is 0.218 e. The predicted molar refractivity (Wildman–Crippen MR) is 143 cm³/mol. The molecule has 8 nitrogen and oxygen atoms in total. The number of carbonyl (C=O) groups is 1. The molecule has 0 radical (unpaired) electrons. The number of Topliss-reactive ketones (excluding diaryl/α,β-unsaturated/α-hetero) is 1. The number of aliphatic hydroxyl groups is 1. The summed E-state index contributed by atoms with van der Waals surface area (Å²) in [5.41, 5.74) is 2.22. The number of phenolic OH excluding ortho intramolecular Hbond substituents is 1. The first-order valence-electron chi connectivity index (χ1n) is 13.3. The number of ketones is 1. The molecule has 1 saturated carbocycles. The highest BCUT2D eigenvalue weighted by Gasteiger charge is 2.66. The number of phenols is 1. The summed E-state index contributed by atoms with van der Waals surface area (Å²) in [5.74, 6) is -0.378. The molecule has 2 bridgehead atoms. The molecule has 2 unspecified atom stereocenters. The summed E-state index contributed by atoms with van der Waals surface area (Å²) in [6, 6.07) is 10.7. The summed E-state index contributed by atoms with van der Waals surface area (Å²) in [7, 11) is -2.01. The van der Waals surface area contributed by atoms with E-state index in [0.717, 1.165) is 42.6 Å². The number of carbonyl (C=O) groups excluding carboxylic acids is 1.